The van der Waals surface area contributed by atoms with Gasteiger partial charge in [0.15, 0.2) is 0 Å². The largest absolute Gasteiger partial charge is 0.353 e. The average Bonchev–Trinajstić information content (AvgIpc) is 2.67. The van der Waals surface area contributed by atoms with E-state index in [-0.39, 0.29) is 19.5 Å². The number of nitrogens with one attached hydrogen (secondary N) is 3. The van der Waals surface area contributed by atoms with Gasteiger partial charge in [-0.3, -0.25) is 9.59 Å². The van der Waals surface area contributed by atoms with Crippen LogP contribution in [0.3, 0.4) is 0 Å². The van der Waals surface area contributed by atoms with Crippen LogP contribution in [0.25, 0.3) is 0 Å². The zero-order valence-electron chi connectivity index (χ0n) is 14.7. The van der Waals surface area contributed by atoms with E-state index in [2.05, 4.69) is 16.0 Å². The SMILES string of the molecule is O=C(C[C@H]1C(=O)NCCN1C(=O)Nc1ccc(F)cc1)Nc1ccc(F)cc1. The molecule has 28 heavy (non-hydrogen) atoms. The Bertz CT molecular complexity index is 872. The highest BCUT2D eigenvalue weighted by Gasteiger charge is 2.34. The summed E-state index contributed by atoms with van der Waals surface area (Å²) in [5.41, 5.74) is 0.747. The van der Waals surface area contributed by atoms with Crippen molar-refractivity contribution >= 4 is 29.2 Å². The van der Waals surface area contributed by atoms with Gasteiger partial charge in [-0.05, 0) is 48.5 Å². The summed E-state index contributed by atoms with van der Waals surface area (Å²) in [7, 11) is 0. The van der Waals surface area contributed by atoms with Gasteiger partial charge in [0.05, 0.1) is 6.42 Å². The Balaban J connectivity index is 1.66. The third-order valence-electron chi connectivity index (χ3n) is 4.19. The van der Waals surface area contributed by atoms with E-state index in [0.29, 0.717) is 11.4 Å². The lowest BCUT2D eigenvalue weighted by Gasteiger charge is -2.34. The maximum absolute atomic E-state index is 13.0. The van der Waals surface area contributed by atoms with Crippen LogP contribution in [0, 0.1) is 11.6 Å². The molecule has 1 heterocycles. The van der Waals surface area contributed by atoms with Crippen LogP contribution in [0.5, 0.6) is 0 Å². The molecule has 3 N–H and O–H groups in total. The van der Waals surface area contributed by atoms with Crippen LogP contribution in [0.15, 0.2) is 48.5 Å². The summed E-state index contributed by atoms with van der Waals surface area (Å²) in [5, 5.41) is 7.78. The molecular formula is C19H18F2N4O3. The maximum Gasteiger partial charge on any atom is 0.322 e. The summed E-state index contributed by atoms with van der Waals surface area (Å²) in [5.74, 6) is -1.82. The predicted molar refractivity (Wildman–Crippen MR) is 98.6 cm³/mol. The highest BCUT2D eigenvalue weighted by molar-refractivity contribution is 5.99. The molecule has 2 aromatic carbocycles. The van der Waals surface area contributed by atoms with E-state index >= 15 is 0 Å². The zero-order chi connectivity index (χ0) is 20.1. The van der Waals surface area contributed by atoms with Crippen molar-refractivity contribution in [1.29, 1.82) is 0 Å². The molecule has 1 aliphatic rings. The minimum atomic E-state index is -1.00. The fraction of sp³-hybridized carbons (Fsp3) is 0.211. The highest BCUT2D eigenvalue weighted by Crippen LogP contribution is 2.15. The second-order valence-electron chi connectivity index (χ2n) is 6.20. The van der Waals surface area contributed by atoms with Gasteiger partial charge in [-0.25, -0.2) is 13.6 Å². The van der Waals surface area contributed by atoms with Gasteiger partial charge in [-0.1, -0.05) is 0 Å². The quantitative estimate of drug-likeness (QED) is 0.751. The van der Waals surface area contributed by atoms with Gasteiger partial charge < -0.3 is 20.9 Å². The summed E-state index contributed by atoms with van der Waals surface area (Å²) >= 11 is 0. The number of amides is 4. The van der Waals surface area contributed by atoms with Gasteiger partial charge in [-0.15, -0.1) is 0 Å². The molecule has 9 heteroatoms. The first-order chi connectivity index (χ1) is 13.4. The number of halogens is 2. The number of piperazine rings is 1. The first-order valence-electron chi connectivity index (χ1n) is 8.59. The zero-order valence-corrected chi connectivity index (χ0v) is 14.7. The predicted octanol–water partition coefficient (Wildman–Crippen LogP) is 2.33. The molecule has 1 aliphatic heterocycles. The van der Waals surface area contributed by atoms with Gasteiger partial charge in [0.25, 0.3) is 0 Å². The summed E-state index contributed by atoms with van der Waals surface area (Å²) in [6, 6.07) is 8.81. The molecular weight excluding hydrogens is 370 g/mol. The highest BCUT2D eigenvalue weighted by atomic mass is 19.1. The summed E-state index contributed by atoms with van der Waals surface area (Å²) in [6.07, 6.45) is -0.264. The molecule has 2 aromatic rings. The lowest BCUT2D eigenvalue weighted by Crippen LogP contribution is -2.59. The summed E-state index contributed by atoms with van der Waals surface area (Å²) in [6.45, 7) is 0.471. The number of carbonyl (C=O) groups excluding carboxylic acids is 3. The second-order valence-corrected chi connectivity index (χ2v) is 6.20. The molecule has 1 saturated heterocycles. The first kappa shape index (κ1) is 19.3. The second kappa shape index (κ2) is 8.47. The van der Waals surface area contributed by atoms with Crippen molar-refractivity contribution in [3.8, 4) is 0 Å². The number of anilines is 2. The Morgan fingerprint density at radius 1 is 0.964 bits per heavy atom. The van der Waals surface area contributed by atoms with Gasteiger partial charge >= 0.3 is 6.03 Å². The topological polar surface area (TPSA) is 90.5 Å². The lowest BCUT2D eigenvalue weighted by atomic mass is 10.1. The van der Waals surface area contributed by atoms with Crippen LogP contribution in [-0.2, 0) is 9.59 Å². The molecule has 1 atom stereocenters. The number of hydrogen-bond donors (Lipinski definition) is 3. The Hall–Kier alpha value is -3.49. The van der Waals surface area contributed by atoms with E-state index in [1.807, 2.05) is 0 Å². The van der Waals surface area contributed by atoms with E-state index in [1.165, 1.54) is 53.4 Å². The fourth-order valence-electron chi connectivity index (χ4n) is 2.81. The van der Waals surface area contributed by atoms with Crippen molar-refractivity contribution in [2.75, 3.05) is 23.7 Å². The molecule has 0 radical (unpaired) electrons. The van der Waals surface area contributed by atoms with Crippen LogP contribution in [0.2, 0.25) is 0 Å². The number of rotatable bonds is 4. The van der Waals surface area contributed by atoms with Crippen molar-refractivity contribution in [2.24, 2.45) is 0 Å². The Kier molecular flexibility index (Phi) is 5.83. The van der Waals surface area contributed by atoms with Crippen LogP contribution in [-0.4, -0.2) is 41.9 Å². The number of urea groups is 1. The van der Waals surface area contributed by atoms with E-state index < -0.39 is 35.5 Å². The van der Waals surface area contributed by atoms with Crippen LogP contribution >= 0.6 is 0 Å². The fourth-order valence-corrected chi connectivity index (χ4v) is 2.81. The molecule has 4 amide bonds. The maximum atomic E-state index is 13.0. The number of hydrogen-bond acceptors (Lipinski definition) is 3. The van der Waals surface area contributed by atoms with E-state index in [9.17, 15) is 23.2 Å². The molecule has 0 aromatic heterocycles. The monoisotopic (exact) mass is 388 g/mol. The van der Waals surface area contributed by atoms with Crippen molar-refractivity contribution in [3.05, 3.63) is 60.2 Å². The molecule has 0 aliphatic carbocycles. The molecule has 0 bridgehead atoms. The number of carbonyl (C=O) groups is 3. The smallest absolute Gasteiger partial charge is 0.322 e. The Morgan fingerprint density at radius 2 is 1.50 bits per heavy atom. The molecule has 1 fully saturated rings. The summed E-state index contributed by atoms with van der Waals surface area (Å²) in [4.78, 5) is 38.3. The van der Waals surface area contributed by atoms with Crippen molar-refractivity contribution in [3.63, 3.8) is 0 Å². The standard InChI is InChI=1S/C19H18F2N4O3/c20-12-1-5-14(6-2-12)23-17(26)11-16-18(27)22-9-10-25(16)19(28)24-15-7-3-13(21)4-8-15/h1-8,16H,9-11H2,(H,22,27)(H,23,26)(H,24,28)/t16-/m0/s1. The van der Waals surface area contributed by atoms with Crippen LogP contribution in [0.1, 0.15) is 6.42 Å². The van der Waals surface area contributed by atoms with Gasteiger partial charge in [0, 0.05) is 24.5 Å². The molecule has 146 valence electrons. The van der Waals surface area contributed by atoms with Gasteiger partial charge in [-0.2, -0.15) is 0 Å². The Morgan fingerprint density at radius 3 is 2.07 bits per heavy atom. The van der Waals surface area contributed by atoms with Crippen LogP contribution in [0.4, 0.5) is 25.0 Å². The van der Waals surface area contributed by atoms with Gasteiger partial charge in [0.2, 0.25) is 11.8 Å². The molecule has 0 saturated carbocycles. The first-order valence-corrected chi connectivity index (χ1v) is 8.59. The average molecular weight is 388 g/mol. The van der Waals surface area contributed by atoms with Crippen molar-refractivity contribution < 1.29 is 23.2 Å². The lowest BCUT2D eigenvalue weighted by molar-refractivity contribution is -0.130. The number of nitrogens with zero attached hydrogens (tertiary/aromatic N) is 1. The van der Waals surface area contributed by atoms with Crippen LogP contribution < -0.4 is 16.0 Å². The van der Waals surface area contributed by atoms with E-state index in [1.54, 1.807) is 0 Å². The van der Waals surface area contributed by atoms with E-state index in [4.69, 9.17) is 0 Å². The molecule has 0 spiro atoms. The Labute approximate surface area is 159 Å². The minimum Gasteiger partial charge on any atom is -0.353 e. The van der Waals surface area contributed by atoms with Crippen molar-refractivity contribution in [2.45, 2.75) is 12.5 Å². The van der Waals surface area contributed by atoms with E-state index in [0.717, 1.165) is 0 Å². The normalized spacial score (nSPS) is 16.3. The molecule has 3 rings (SSSR count). The van der Waals surface area contributed by atoms with Gasteiger partial charge in [0.1, 0.15) is 17.7 Å². The third kappa shape index (κ3) is 4.81. The third-order valence-corrected chi connectivity index (χ3v) is 4.19. The summed E-state index contributed by atoms with van der Waals surface area (Å²) < 4.78 is 25.9. The molecule has 7 nitrogen and oxygen atoms in total. The minimum absolute atomic E-state index is 0.216. The van der Waals surface area contributed by atoms with Crippen molar-refractivity contribution in [1.82, 2.24) is 10.2 Å². The molecule has 0 unspecified atom stereocenters. The number of benzene rings is 2.